The predicted molar refractivity (Wildman–Crippen MR) is 77.6 cm³/mol. The number of ether oxygens (including phenoxy) is 1. The number of hydrogen-bond acceptors (Lipinski definition) is 4. The Hall–Kier alpha value is -1.59. The van der Waals surface area contributed by atoms with Crippen LogP contribution >= 0.6 is 0 Å². The molecule has 5 nitrogen and oxygen atoms in total. The second-order valence-corrected chi connectivity index (χ2v) is 5.81. The molecule has 20 heavy (non-hydrogen) atoms. The van der Waals surface area contributed by atoms with Crippen LogP contribution in [0.15, 0.2) is 24.3 Å². The molecule has 1 unspecified atom stereocenters. The molecule has 5 heteroatoms. The minimum Gasteiger partial charge on any atom is -0.441 e. The maximum Gasteiger partial charge on any atom is 0.414 e. The third kappa shape index (κ3) is 2.39. The zero-order chi connectivity index (χ0) is 14.2. The smallest absolute Gasteiger partial charge is 0.414 e. The average Bonchev–Trinajstić information content (AvgIpc) is 2.80. The van der Waals surface area contributed by atoms with Gasteiger partial charge in [0.15, 0.2) is 0 Å². The van der Waals surface area contributed by atoms with E-state index in [4.69, 9.17) is 10.5 Å². The van der Waals surface area contributed by atoms with E-state index in [1.807, 2.05) is 24.3 Å². The van der Waals surface area contributed by atoms with Crippen LogP contribution in [0.5, 0.6) is 0 Å². The van der Waals surface area contributed by atoms with E-state index in [1.54, 1.807) is 4.90 Å². The van der Waals surface area contributed by atoms with Crippen LogP contribution in [0.2, 0.25) is 0 Å². The Balaban J connectivity index is 1.76. The van der Waals surface area contributed by atoms with Crippen molar-refractivity contribution in [3.05, 3.63) is 29.8 Å². The first kappa shape index (κ1) is 13.4. The molecule has 0 radical (unpaired) electrons. The van der Waals surface area contributed by atoms with Gasteiger partial charge in [-0.15, -0.1) is 0 Å². The van der Waals surface area contributed by atoms with Gasteiger partial charge in [0, 0.05) is 44.7 Å². The van der Waals surface area contributed by atoms with Gasteiger partial charge in [-0.3, -0.25) is 4.90 Å². The van der Waals surface area contributed by atoms with E-state index in [-0.39, 0.29) is 11.7 Å². The molecule has 108 valence electrons. The summed E-state index contributed by atoms with van der Waals surface area (Å²) in [6, 6.07) is 7.78. The second-order valence-electron chi connectivity index (χ2n) is 5.81. The minimum atomic E-state index is -0.270. The van der Waals surface area contributed by atoms with E-state index in [1.165, 1.54) is 0 Å². The fraction of sp³-hybridized carbons (Fsp3) is 0.533. The molecule has 1 spiro atoms. The van der Waals surface area contributed by atoms with E-state index in [0.717, 1.165) is 37.2 Å². The number of likely N-dealkylation sites (N-methyl/N-ethyl adjacent to an activating group) is 1. The maximum absolute atomic E-state index is 12.3. The quantitative estimate of drug-likeness (QED) is 0.890. The summed E-state index contributed by atoms with van der Waals surface area (Å²) in [5.41, 5.74) is 7.28. The van der Waals surface area contributed by atoms with Gasteiger partial charge < -0.3 is 15.4 Å². The Morgan fingerprint density at radius 1 is 1.35 bits per heavy atom. The van der Waals surface area contributed by atoms with Crippen molar-refractivity contribution in [3.63, 3.8) is 0 Å². The number of nitrogens with zero attached hydrogens (tertiary/aromatic N) is 2. The van der Waals surface area contributed by atoms with Crippen molar-refractivity contribution in [1.29, 1.82) is 0 Å². The topological polar surface area (TPSA) is 58.8 Å². The minimum absolute atomic E-state index is 0.235. The molecule has 2 fully saturated rings. The van der Waals surface area contributed by atoms with Gasteiger partial charge in [0.25, 0.3) is 0 Å². The molecule has 3 rings (SSSR count). The third-order valence-electron chi connectivity index (χ3n) is 4.28. The first-order valence-corrected chi connectivity index (χ1v) is 7.10. The van der Waals surface area contributed by atoms with Crippen LogP contribution in [0.1, 0.15) is 18.4 Å². The van der Waals surface area contributed by atoms with E-state index < -0.39 is 0 Å². The standard InChI is InChI=1S/C15H21N3O2/c1-17-7-5-15(11-17)6-8-18(14(19)20-15)13-4-2-3-12(9-13)10-16/h2-4,9H,5-8,10-11,16H2,1H3. The molecule has 2 heterocycles. The molecule has 2 aliphatic rings. The van der Waals surface area contributed by atoms with Crippen molar-refractivity contribution in [1.82, 2.24) is 4.90 Å². The predicted octanol–water partition coefficient (Wildman–Crippen LogP) is 1.57. The summed E-state index contributed by atoms with van der Waals surface area (Å²) in [6.07, 6.45) is 1.59. The number of benzene rings is 1. The molecule has 1 aromatic carbocycles. The summed E-state index contributed by atoms with van der Waals surface area (Å²) >= 11 is 0. The summed E-state index contributed by atoms with van der Waals surface area (Å²) in [4.78, 5) is 16.2. The molecule has 0 bridgehead atoms. The van der Waals surface area contributed by atoms with Crippen molar-refractivity contribution in [2.45, 2.75) is 25.0 Å². The molecule has 0 aromatic heterocycles. The summed E-state index contributed by atoms with van der Waals surface area (Å²) in [6.45, 7) is 3.03. The van der Waals surface area contributed by atoms with Crippen molar-refractivity contribution in [3.8, 4) is 0 Å². The SMILES string of the molecule is CN1CCC2(CCN(c3cccc(CN)c3)C(=O)O2)C1. The lowest BCUT2D eigenvalue weighted by molar-refractivity contribution is 0.00434. The van der Waals surface area contributed by atoms with E-state index >= 15 is 0 Å². The summed E-state index contributed by atoms with van der Waals surface area (Å²) < 4.78 is 5.76. The third-order valence-corrected chi connectivity index (χ3v) is 4.28. The average molecular weight is 275 g/mol. The van der Waals surface area contributed by atoms with Crippen LogP contribution in [-0.2, 0) is 11.3 Å². The first-order chi connectivity index (χ1) is 9.62. The van der Waals surface area contributed by atoms with Gasteiger partial charge in [0.05, 0.1) is 0 Å². The first-order valence-electron chi connectivity index (χ1n) is 7.10. The highest BCUT2D eigenvalue weighted by atomic mass is 16.6. The summed E-state index contributed by atoms with van der Waals surface area (Å²) in [5.74, 6) is 0. The maximum atomic E-state index is 12.3. The number of carbonyl (C=O) groups is 1. The van der Waals surface area contributed by atoms with E-state index in [0.29, 0.717) is 13.1 Å². The Labute approximate surface area is 119 Å². The van der Waals surface area contributed by atoms with Crippen LogP contribution in [0, 0.1) is 0 Å². The van der Waals surface area contributed by atoms with Gasteiger partial charge in [-0.05, 0) is 24.7 Å². The van der Waals surface area contributed by atoms with Crippen molar-refractivity contribution in [2.75, 3.05) is 31.6 Å². The van der Waals surface area contributed by atoms with Gasteiger partial charge in [-0.1, -0.05) is 12.1 Å². The Kier molecular flexibility index (Phi) is 3.40. The van der Waals surface area contributed by atoms with E-state index in [2.05, 4.69) is 11.9 Å². The molecule has 2 aliphatic heterocycles. The number of nitrogens with two attached hydrogens (primary N) is 1. The normalized spacial score (nSPS) is 27.1. The Bertz CT molecular complexity index is 520. The van der Waals surface area contributed by atoms with Gasteiger partial charge >= 0.3 is 6.09 Å². The highest BCUT2D eigenvalue weighted by Gasteiger charge is 2.45. The molecular formula is C15H21N3O2. The Morgan fingerprint density at radius 3 is 2.80 bits per heavy atom. The summed E-state index contributed by atoms with van der Waals surface area (Å²) in [5, 5.41) is 0. The van der Waals surface area contributed by atoms with Gasteiger partial charge in [-0.2, -0.15) is 0 Å². The summed E-state index contributed by atoms with van der Waals surface area (Å²) in [7, 11) is 2.07. The largest absolute Gasteiger partial charge is 0.441 e. The van der Waals surface area contributed by atoms with Crippen molar-refractivity contribution < 1.29 is 9.53 Å². The van der Waals surface area contributed by atoms with Gasteiger partial charge in [0.2, 0.25) is 0 Å². The van der Waals surface area contributed by atoms with Crippen molar-refractivity contribution >= 4 is 11.8 Å². The zero-order valence-electron chi connectivity index (χ0n) is 11.8. The molecule has 0 aliphatic carbocycles. The lowest BCUT2D eigenvalue weighted by atomic mass is 9.96. The van der Waals surface area contributed by atoms with Crippen LogP contribution in [-0.4, -0.2) is 43.3 Å². The second kappa shape index (κ2) is 5.07. The Morgan fingerprint density at radius 2 is 2.15 bits per heavy atom. The number of anilines is 1. The highest BCUT2D eigenvalue weighted by molar-refractivity contribution is 5.88. The molecule has 1 amide bonds. The van der Waals surface area contributed by atoms with Crippen molar-refractivity contribution in [2.24, 2.45) is 5.73 Å². The number of hydrogen-bond donors (Lipinski definition) is 1. The molecule has 1 aromatic rings. The fourth-order valence-corrected chi connectivity index (χ4v) is 3.12. The van der Waals surface area contributed by atoms with Crippen LogP contribution in [0.4, 0.5) is 10.5 Å². The number of rotatable bonds is 2. The molecular weight excluding hydrogens is 254 g/mol. The number of amides is 1. The molecule has 2 N–H and O–H groups in total. The number of carbonyl (C=O) groups excluding carboxylic acids is 1. The van der Waals surface area contributed by atoms with Crippen LogP contribution in [0.3, 0.4) is 0 Å². The lowest BCUT2D eigenvalue weighted by Gasteiger charge is -2.38. The van der Waals surface area contributed by atoms with Crippen LogP contribution in [0.25, 0.3) is 0 Å². The van der Waals surface area contributed by atoms with E-state index in [9.17, 15) is 4.79 Å². The zero-order valence-corrected chi connectivity index (χ0v) is 11.8. The highest BCUT2D eigenvalue weighted by Crippen LogP contribution is 2.34. The molecule has 2 saturated heterocycles. The van der Waals surface area contributed by atoms with Crippen LogP contribution < -0.4 is 10.6 Å². The molecule has 0 saturated carbocycles. The number of likely N-dealkylation sites (tertiary alicyclic amines) is 1. The fourth-order valence-electron chi connectivity index (χ4n) is 3.12. The lowest BCUT2D eigenvalue weighted by Crippen LogP contribution is -2.51. The monoisotopic (exact) mass is 275 g/mol. The van der Waals surface area contributed by atoms with Gasteiger partial charge in [-0.25, -0.2) is 4.79 Å². The molecule has 1 atom stereocenters. The van der Waals surface area contributed by atoms with Gasteiger partial charge in [0.1, 0.15) is 5.60 Å².